The van der Waals surface area contributed by atoms with Gasteiger partial charge in [0.05, 0.1) is 5.01 Å². The number of nitrogens with two attached hydrogens (primary N) is 1. The topological polar surface area (TPSA) is 38.9 Å². The van der Waals surface area contributed by atoms with Gasteiger partial charge in [-0.05, 0) is 18.5 Å². The van der Waals surface area contributed by atoms with Gasteiger partial charge in [-0.1, -0.05) is 20.4 Å². The molecule has 0 spiro atoms. The lowest BCUT2D eigenvalue weighted by Gasteiger charge is -1.98. The quantitative estimate of drug-likeness (QED) is 0.804. The van der Waals surface area contributed by atoms with Crippen LogP contribution in [0.25, 0.3) is 5.57 Å². The summed E-state index contributed by atoms with van der Waals surface area (Å²) in [5.41, 5.74) is 6.56. The number of rotatable bonds is 4. The van der Waals surface area contributed by atoms with E-state index >= 15 is 0 Å². The number of aromatic nitrogens is 1. The Kier molecular flexibility index (Phi) is 3.63. The third-order valence-electron chi connectivity index (χ3n) is 1.81. The molecule has 0 saturated carbocycles. The molecule has 1 aromatic rings. The van der Waals surface area contributed by atoms with Crippen molar-refractivity contribution in [1.82, 2.24) is 4.98 Å². The molecule has 72 valence electrons. The van der Waals surface area contributed by atoms with E-state index in [4.69, 9.17) is 5.73 Å². The summed E-state index contributed by atoms with van der Waals surface area (Å²) in [5, 5.41) is 1.17. The molecule has 1 rings (SSSR count). The first-order valence-corrected chi connectivity index (χ1v) is 5.30. The summed E-state index contributed by atoms with van der Waals surface area (Å²) in [6.45, 7) is 8.93. The Morgan fingerprint density at radius 1 is 1.69 bits per heavy atom. The van der Waals surface area contributed by atoms with E-state index in [0.29, 0.717) is 12.5 Å². The minimum absolute atomic E-state index is 0.504. The lowest BCUT2D eigenvalue weighted by atomic mass is 10.2. The summed E-state index contributed by atoms with van der Waals surface area (Å²) in [6.07, 6.45) is 2.76. The molecule has 2 N–H and O–H groups in total. The average Bonchev–Trinajstić information content (AvgIpc) is 2.52. The first kappa shape index (κ1) is 10.4. The van der Waals surface area contributed by atoms with Gasteiger partial charge < -0.3 is 5.73 Å². The predicted molar refractivity (Wildman–Crippen MR) is 58.9 cm³/mol. The van der Waals surface area contributed by atoms with Crippen molar-refractivity contribution in [3.05, 3.63) is 22.7 Å². The summed E-state index contributed by atoms with van der Waals surface area (Å²) >= 11 is 1.72. The maximum absolute atomic E-state index is 5.46. The standard InChI is InChI=1S/C10H16N2S/c1-7(2)10-12-6-9(13-10)8(3)4-5-11/h6-7H,3-5,11H2,1-2H3. The third kappa shape index (κ3) is 2.64. The van der Waals surface area contributed by atoms with Crippen LogP contribution in [0.1, 0.15) is 36.1 Å². The van der Waals surface area contributed by atoms with Gasteiger partial charge in [0.15, 0.2) is 0 Å². The lowest BCUT2D eigenvalue weighted by Crippen LogP contribution is -1.98. The maximum atomic E-state index is 5.46. The van der Waals surface area contributed by atoms with E-state index in [2.05, 4.69) is 25.4 Å². The average molecular weight is 196 g/mol. The van der Waals surface area contributed by atoms with Gasteiger partial charge in [0.25, 0.3) is 0 Å². The fourth-order valence-electron chi connectivity index (χ4n) is 1.02. The Morgan fingerprint density at radius 2 is 2.38 bits per heavy atom. The molecule has 3 heteroatoms. The molecular weight excluding hydrogens is 180 g/mol. The highest BCUT2D eigenvalue weighted by molar-refractivity contribution is 7.12. The van der Waals surface area contributed by atoms with Crippen molar-refractivity contribution in [2.45, 2.75) is 26.2 Å². The predicted octanol–water partition coefficient (Wildman–Crippen LogP) is 2.63. The maximum Gasteiger partial charge on any atom is 0.0956 e. The van der Waals surface area contributed by atoms with E-state index in [1.54, 1.807) is 11.3 Å². The van der Waals surface area contributed by atoms with Crippen LogP contribution in [0.3, 0.4) is 0 Å². The molecule has 0 saturated heterocycles. The Bertz CT molecular complexity index is 289. The van der Waals surface area contributed by atoms with Gasteiger partial charge in [0, 0.05) is 17.0 Å². The summed E-state index contributed by atoms with van der Waals surface area (Å²) < 4.78 is 0. The fraction of sp³-hybridized carbons (Fsp3) is 0.500. The van der Waals surface area contributed by atoms with Gasteiger partial charge in [0.1, 0.15) is 0 Å². The van der Waals surface area contributed by atoms with Crippen molar-refractivity contribution in [1.29, 1.82) is 0 Å². The zero-order chi connectivity index (χ0) is 9.84. The Balaban J connectivity index is 2.73. The normalized spacial score (nSPS) is 10.8. The van der Waals surface area contributed by atoms with E-state index in [1.807, 2.05) is 6.20 Å². The highest BCUT2D eigenvalue weighted by atomic mass is 32.1. The molecule has 0 unspecified atom stereocenters. The van der Waals surface area contributed by atoms with E-state index in [9.17, 15) is 0 Å². The zero-order valence-corrected chi connectivity index (χ0v) is 9.03. The molecule has 0 fully saturated rings. The SMILES string of the molecule is C=C(CCN)c1cnc(C(C)C)s1. The minimum atomic E-state index is 0.504. The summed E-state index contributed by atoms with van der Waals surface area (Å²) in [5.74, 6) is 0.504. The van der Waals surface area contributed by atoms with Gasteiger partial charge in [-0.15, -0.1) is 11.3 Å². The third-order valence-corrected chi connectivity index (χ3v) is 3.21. The minimum Gasteiger partial charge on any atom is -0.330 e. The van der Waals surface area contributed by atoms with Crippen LogP contribution in [0.15, 0.2) is 12.8 Å². The molecule has 0 aliphatic rings. The van der Waals surface area contributed by atoms with Crippen molar-refractivity contribution >= 4 is 16.9 Å². The molecule has 0 atom stereocenters. The summed E-state index contributed by atoms with van der Waals surface area (Å²) in [6, 6.07) is 0. The molecule has 0 aliphatic carbocycles. The smallest absolute Gasteiger partial charge is 0.0956 e. The Labute approximate surface area is 83.5 Å². The largest absolute Gasteiger partial charge is 0.330 e. The van der Waals surface area contributed by atoms with E-state index in [0.717, 1.165) is 12.0 Å². The van der Waals surface area contributed by atoms with Crippen LogP contribution in [0.4, 0.5) is 0 Å². The number of nitrogens with zero attached hydrogens (tertiary/aromatic N) is 1. The second kappa shape index (κ2) is 4.53. The van der Waals surface area contributed by atoms with E-state index < -0.39 is 0 Å². The molecule has 1 aromatic heterocycles. The van der Waals surface area contributed by atoms with Crippen molar-refractivity contribution in [3.8, 4) is 0 Å². The highest BCUT2D eigenvalue weighted by Gasteiger charge is 2.07. The van der Waals surface area contributed by atoms with E-state index in [-0.39, 0.29) is 0 Å². The van der Waals surface area contributed by atoms with Gasteiger partial charge in [-0.3, -0.25) is 0 Å². The van der Waals surface area contributed by atoms with Crippen LogP contribution in [-0.4, -0.2) is 11.5 Å². The first-order valence-electron chi connectivity index (χ1n) is 4.49. The summed E-state index contributed by atoms with van der Waals surface area (Å²) in [7, 11) is 0. The van der Waals surface area contributed by atoms with Crippen molar-refractivity contribution in [2.75, 3.05) is 6.54 Å². The van der Waals surface area contributed by atoms with Crippen LogP contribution in [0, 0.1) is 0 Å². The van der Waals surface area contributed by atoms with Crippen molar-refractivity contribution in [3.63, 3.8) is 0 Å². The van der Waals surface area contributed by atoms with E-state index in [1.165, 1.54) is 9.88 Å². The van der Waals surface area contributed by atoms with Crippen LogP contribution in [0.2, 0.25) is 0 Å². The molecule has 0 amide bonds. The zero-order valence-electron chi connectivity index (χ0n) is 8.21. The van der Waals surface area contributed by atoms with Crippen LogP contribution in [0.5, 0.6) is 0 Å². The number of hydrogen-bond acceptors (Lipinski definition) is 3. The monoisotopic (exact) mass is 196 g/mol. The lowest BCUT2D eigenvalue weighted by molar-refractivity contribution is 0.852. The van der Waals surface area contributed by atoms with Gasteiger partial charge in [-0.25, -0.2) is 4.98 Å². The molecule has 0 radical (unpaired) electrons. The highest BCUT2D eigenvalue weighted by Crippen LogP contribution is 2.26. The number of hydrogen-bond donors (Lipinski definition) is 1. The molecule has 1 heterocycles. The van der Waals surface area contributed by atoms with Crippen LogP contribution < -0.4 is 5.73 Å². The Hall–Kier alpha value is -0.670. The fourth-order valence-corrected chi connectivity index (χ4v) is 1.93. The van der Waals surface area contributed by atoms with Gasteiger partial charge >= 0.3 is 0 Å². The molecule has 0 aliphatic heterocycles. The summed E-state index contributed by atoms with van der Waals surface area (Å²) in [4.78, 5) is 5.51. The second-order valence-electron chi connectivity index (χ2n) is 3.36. The molecule has 0 aromatic carbocycles. The first-order chi connectivity index (χ1) is 6.15. The van der Waals surface area contributed by atoms with Crippen molar-refractivity contribution in [2.24, 2.45) is 5.73 Å². The van der Waals surface area contributed by atoms with Crippen LogP contribution >= 0.6 is 11.3 Å². The number of thiazole rings is 1. The molecular formula is C10H16N2S. The molecule has 2 nitrogen and oxygen atoms in total. The molecule has 0 bridgehead atoms. The Morgan fingerprint density at radius 3 is 2.85 bits per heavy atom. The molecule has 13 heavy (non-hydrogen) atoms. The van der Waals surface area contributed by atoms with Gasteiger partial charge in [-0.2, -0.15) is 0 Å². The van der Waals surface area contributed by atoms with Crippen LogP contribution in [-0.2, 0) is 0 Å². The second-order valence-corrected chi connectivity index (χ2v) is 4.42. The van der Waals surface area contributed by atoms with Gasteiger partial charge in [0.2, 0.25) is 0 Å². The van der Waals surface area contributed by atoms with Crippen molar-refractivity contribution < 1.29 is 0 Å².